The fraction of sp³-hybridized carbons (Fsp3) is 0.321. The van der Waals surface area contributed by atoms with Crippen LogP contribution in [-0.4, -0.2) is 35.7 Å². The highest BCUT2D eigenvalue weighted by Gasteiger charge is 2.26. The maximum absolute atomic E-state index is 14.1. The first-order valence-electron chi connectivity index (χ1n) is 12.1. The minimum absolute atomic E-state index is 0.223. The Kier molecular flexibility index (Phi) is 8.05. The summed E-state index contributed by atoms with van der Waals surface area (Å²) in [6, 6.07) is 13.3. The number of benzene rings is 2. The van der Waals surface area contributed by atoms with E-state index in [-0.39, 0.29) is 12.5 Å². The van der Waals surface area contributed by atoms with Crippen molar-refractivity contribution in [2.45, 2.75) is 41.2 Å². The standard InChI is InChI=1S/C28H31N3O4S/c1-6-33-23-15-20(16-24(34-7-2)25(23)35-8-3)27(32)31(17-21-11-9-10-12-29-21)28-30-22-14-18(4)13-19(5)26(22)36-28/h9-16H,6-8,17H2,1-5H3. The fourth-order valence-electron chi connectivity index (χ4n) is 4.03. The molecule has 36 heavy (non-hydrogen) atoms. The van der Waals surface area contributed by atoms with Crippen molar-refractivity contribution in [1.29, 1.82) is 0 Å². The number of ether oxygens (including phenoxy) is 3. The molecular weight excluding hydrogens is 474 g/mol. The highest BCUT2D eigenvalue weighted by molar-refractivity contribution is 7.22. The quantitative estimate of drug-likeness (QED) is 0.250. The first kappa shape index (κ1) is 25.4. The molecule has 0 fully saturated rings. The van der Waals surface area contributed by atoms with E-state index in [2.05, 4.69) is 18.0 Å². The third-order valence-corrected chi connectivity index (χ3v) is 6.72. The molecule has 7 nitrogen and oxygen atoms in total. The van der Waals surface area contributed by atoms with Gasteiger partial charge in [0, 0.05) is 11.8 Å². The summed E-state index contributed by atoms with van der Waals surface area (Å²) in [7, 11) is 0. The Morgan fingerprint density at radius 1 is 0.944 bits per heavy atom. The molecule has 0 saturated heterocycles. The lowest BCUT2D eigenvalue weighted by Crippen LogP contribution is -2.30. The number of amides is 1. The van der Waals surface area contributed by atoms with Gasteiger partial charge in [-0.1, -0.05) is 23.5 Å². The molecule has 0 radical (unpaired) electrons. The van der Waals surface area contributed by atoms with Crippen molar-refractivity contribution >= 4 is 32.6 Å². The van der Waals surface area contributed by atoms with Crippen LogP contribution in [0, 0.1) is 13.8 Å². The Labute approximate surface area is 215 Å². The average Bonchev–Trinajstić information content (AvgIpc) is 3.29. The molecule has 4 aromatic rings. The number of aromatic nitrogens is 2. The smallest absolute Gasteiger partial charge is 0.260 e. The van der Waals surface area contributed by atoms with Crippen molar-refractivity contribution in [2.75, 3.05) is 24.7 Å². The lowest BCUT2D eigenvalue weighted by molar-refractivity contribution is 0.0983. The van der Waals surface area contributed by atoms with E-state index >= 15 is 0 Å². The van der Waals surface area contributed by atoms with E-state index in [4.69, 9.17) is 19.2 Å². The molecule has 0 bridgehead atoms. The molecular formula is C28H31N3O4S. The Morgan fingerprint density at radius 2 is 1.64 bits per heavy atom. The molecule has 0 aliphatic carbocycles. The molecule has 2 aromatic carbocycles. The van der Waals surface area contributed by atoms with Gasteiger partial charge >= 0.3 is 0 Å². The minimum atomic E-state index is -0.223. The maximum atomic E-state index is 14.1. The van der Waals surface area contributed by atoms with Gasteiger partial charge < -0.3 is 14.2 Å². The van der Waals surface area contributed by atoms with Gasteiger partial charge in [-0.15, -0.1) is 0 Å². The molecule has 2 heterocycles. The third kappa shape index (κ3) is 5.44. The molecule has 188 valence electrons. The topological polar surface area (TPSA) is 73.8 Å². The van der Waals surface area contributed by atoms with Gasteiger partial charge in [-0.2, -0.15) is 0 Å². The Bertz CT molecular complexity index is 1330. The lowest BCUT2D eigenvalue weighted by Gasteiger charge is -2.22. The first-order chi connectivity index (χ1) is 17.4. The molecule has 0 spiro atoms. The summed E-state index contributed by atoms with van der Waals surface area (Å²) < 4.78 is 18.6. The highest BCUT2D eigenvalue weighted by Crippen LogP contribution is 2.40. The van der Waals surface area contributed by atoms with E-state index in [1.54, 1.807) is 23.2 Å². The Hall–Kier alpha value is -3.65. The maximum Gasteiger partial charge on any atom is 0.260 e. The van der Waals surface area contributed by atoms with E-state index in [1.165, 1.54) is 11.3 Å². The number of carbonyl (C=O) groups is 1. The number of nitrogens with zero attached hydrogens (tertiary/aromatic N) is 3. The number of fused-ring (bicyclic) bond motifs is 1. The summed E-state index contributed by atoms with van der Waals surface area (Å²) in [5.41, 5.74) is 4.33. The lowest BCUT2D eigenvalue weighted by atomic mass is 10.1. The van der Waals surface area contributed by atoms with Crippen LogP contribution in [0.3, 0.4) is 0 Å². The Morgan fingerprint density at radius 3 is 2.25 bits per heavy atom. The number of aryl methyl sites for hydroxylation is 2. The zero-order chi connectivity index (χ0) is 25.7. The zero-order valence-electron chi connectivity index (χ0n) is 21.3. The number of hydrogen-bond donors (Lipinski definition) is 0. The third-order valence-electron chi connectivity index (χ3n) is 5.49. The predicted octanol–water partition coefficient (Wildman–Crippen LogP) is 6.35. The summed E-state index contributed by atoms with van der Waals surface area (Å²) in [6.45, 7) is 11.4. The molecule has 2 aromatic heterocycles. The van der Waals surface area contributed by atoms with Gasteiger partial charge in [0.1, 0.15) is 0 Å². The summed E-state index contributed by atoms with van der Waals surface area (Å²) in [4.78, 5) is 25.0. The van der Waals surface area contributed by atoms with Crippen molar-refractivity contribution in [3.8, 4) is 17.2 Å². The second kappa shape index (κ2) is 11.4. The van der Waals surface area contributed by atoms with Crippen LogP contribution < -0.4 is 19.1 Å². The number of thiazole rings is 1. The van der Waals surface area contributed by atoms with Crippen LogP contribution in [0.4, 0.5) is 5.13 Å². The number of anilines is 1. The number of hydrogen-bond acceptors (Lipinski definition) is 7. The molecule has 4 rings (SSSR count). The molecule has 0 saturated carbocycles. The Balaban J connectivity index is 1.83. The van der Waals surface area contributed by atoms with Gasteiger partial charge in [0.2, 0.25) is 5.75 Å². The van der Waals surface area contributed by atoms with Crippen molar-refractivity contribution in [1.82, 2.24) is 9.97 Å². The molecule has 1 amide bonds. The highest BCUT2D eigenvalue weighted by atomic mass is 32.1. The summed E-state index contributed by atoms with van der Waals surface area (Å²) >= 11 is 1.50. The van der Waals surface area contributed by atoms with E-state index < -0.39 is 0 Å². The molecule has 0 N–H and O–H groups in total. The normalized spacial score (nSPS) is 10.9. The SMILES string of the molecule is CCOc1cc(C(=O)N(Cc2ccccn2)c2nc3cc(C)cc(C)c3s2)cc(OCC)c1OCC. The molecule has 0 aliphatic rings. The second-order valence-electron chi connectivity index (χ2n) is 8.24. The van der Waals surface area contributed by atoms with Crippen LogP contribution >= 0.6 is 11.3 Å². The van der Waals surface area contributed by atoms with Crippen LogP contribution in [0.15, 0.2) is 48.7 Å². The van der Waals surface area contributed by atoms with Gasteiger partial charge in [-0.25, -0.2) is 4.98 Å². The largest absolute Gasteiger partial charge is 0.490 e. The summed E-state index contributed by atoms with van der Waals surface area (Å²) in [5, 5.41) is 0.610. The van der Waals surface area contributed by atoms with Crippen LogP contribution in [0.25, 0.3) is 10.2 Å². The molecule has 0 unspecified atom stereocenters. The van der Waals surface area contributed by atoms with Crippen LogP contribution in [0.1, 0.15) is 48.0 Å². The average molecular weight is 506 g/mol. The van der Waals surface area contributed by atoms with Crippen molar-refractivity contribution in [3.05, 3.63) is 71.0 Å². The summed E-state index contributed by atoms with van der Waals surface area (Å²) in [5.74, 6) is 1.23. The molecule has 8 heteroatoms. The van der Waals surface area contributed by atoms with Crippen LogP contribution in [0.5, 0.6) is 17.2 Å². The van der Waals surface area contributed by atoms with Crippen LogP contribution in [0.2, 0.25) is 0 Å². The summed E-state index contributed by atoms with van der Waals surface area (Å²) in [6.07, 6.45) is 1.72. The fourth-order valence-corrected chi connectivity index (χ4v) is 5.04. The van der Waals surface area contributed by atoms with Gasteiger partial charge in [0.25, 0.3) is 5.91 Å². The van der Waals surface area contributed by atoms with E-state index in [0.29, 0.717) is 47.8 Å². The number of carbonyl (C=O) groups excluding carboxylic acids is 1. The van der Waals surface area contributed by atoms with Crippen molar-refractivity contribution in [2.24, 2.45) is 0 Å². The monoisotopic (exact) mass is 505 g/mol. The van der Waals surface area contributed by atoms with Crippen molar-refractivity contribution < 1.29 is 19.0 Å². The first-order valence-corrected chi connectivity index (χ1v) is 12.9. The van der Waals surface area contributed by atoms with Gasteiger partial charge in [0.15, 0.2) is 16.6 Å². The van der Waals surface area contributed by atoms with Gasteiger partial charge in [-0.3, -0.25) is 14.7 Å². The van der Waals surface area contributed by atoms with E-state index in [0.717, 1.165) is 27.0 Å². The van der Waals surface area contributed by atoms with E-state index in [1.807, 2.05) is 52.0 Å². The molecule has 0 aliphatic heterocycles. The zero-order valence-corrected chi connectivity index (χ0v) is 22.1. The van der Waals surface area contributed by atoms with Crippen LogP contribution in [-0.2, 0) is 6.54 Å². The minimum Gasteiger partial charge on any atom is -0.490 e. The second-order valence-corrected chi connectivity index (χ2v) is 9.22. The predicted molar refractivity (Wildman–Crippen MR) is 144 cm³/mol. The number of rotatable bonds is 10. The molecule has 0 atom stereocenters. The van der Waals surface area contributed by atoms with Gasteiger partial charge in [0.05, 0.1) is 42.3 Å². The van der Waals surface area contributed by atoms with Crippen molar-refractivity contribution in [3.63, 3.8) is 0 Å². The van der Waals surface area contributed by atoms with Gasteiger partial charge in [-0.05, 0) is 76.1 Å². The number of pyridine rings is 1. The van der Waals surface area contributed by atoms with E-state index in [9.17, 15) is 4.79 Å².